The van der Waals surface area contributed by atoms with Crippen LogP contribution in [0.2, 0.25) is 0 Å². The first kappa shape index (κ1) is 24.6. The number of aliphatic hydroxyl groups excluding tert-OH is 3. The number of hydrogen-bond acceptors (Lipinski definition) is 8. The van der Waals surface area contributed by atoms with Gasteiger partial charge >= 0.3 is 5.97 Å². The van der Waals surface area contributed by atoms with Crippen LogP contribution in [0.1, 0.15) is 71.8 Å². The van der Waals surface area contributed by atoms with E-state index in [9.17, 15) is 24.9 Å². The molecule has 1 aromatic rings. The van der Waals surface area contributed by atoms with Crippen LogP contribution in [0.5, 0.6) is 0 Å². The normalized spacial score (nSPS) is 52.6. The summed E-state index contributed by atoms with van der Waals surface area (Å²) < 4.78 is 17.8. The minimum Gasteiger partial charge on any atom is -0.472 e. The zero-order valence-electron chi connectivity index (χ0n) is 21.7. The molecule has 198 valence electrons. The predicted molar refractivity (Wildman–Crippen MR) is 127 cm³/mol. The van der Waals surface area contributed by atoms with Crippen molar-refractivity contribution in [2.75, 3.05) is 6.61 Å². The minimum atomic E-state index is -1.08. The Bertz CT molecular complexity index is 1100. The molecule has 3 N–H and O–H groups in total. The first-order valence-corrected chi connectivity index (χ1v) is 13.2. The monoisotopic (exact) mass is 502 g/mol. The van der Waals surface area contributed by atoms with Crippen molar-refractivity contribution < 1.29 is 38.8 Å². The molecule has 11 unspecified atom stereocenters. The average molecular weight is 503 g/mol. The Morgan fingerprint density at radius 1 is 1.08 bits per heavy atom. The highest BCUT2D eigenvalue weighted by molar-refractivity contribution is 5.87. The number of hydrogen-bond donors (Lipinski definition) is 3. The van der Waals surface area contributed by atoms with E-state index in [2.05, 4.69) is 0 Å². The van der Waals surface area contributed by atoms with Crippen molar-refractivity contribution >= 4 is 11.8 Å². The average Bonchev–Trinajstić information content (AvgIpc) is 3.38. The van der Waals surface area contributed by atoms with Gasteiger partial charge in [0, 0.05) is 41.9 Å². The Labute approximate surface area is 211 Å². The minimum absolute atomic E-state index is 0.00890. The maximum absolute atomic E-state index is 14.4. The van der Waals surface area contributed by atoms with Crippen LogP contribution >= 0.6 is 0 Å². The number of ketones is 1. The number of furan rings is 1. The van der Waals surface area contributed by atoms with Crippen molar-refractivity contribution in [3.8, 4) is 0 Å². The van der Waals surface area contributed by atoms with Gasteiger partial charge < -0.3 is 29.2 Å². The van der Waals surface area contributed by atoms with Gasteiger partial charge in [0.15, 0.2) is 0 Å². The van der Waals surface area contributed by atoms with Crippen LogP contribution in [-0.2, 0) is 19.1 Å². The number of Topliss-reactive ketones (excluding diaryl/α,β-unsaturated/α-hetero) is 1. The molecular weight excluding hydrogens is 464 g/mol. The van der Waals surface area contributed by atoms with E-state index < -0.39 is 57.5 Å². The van der Waals surface area contributed by atoms with Gasteiger partial charge in [-0.25, -0.2) is 0 Å². The van der Waals surface area contributed by atoms with Crippen molar-refractivity contribution in [3.05, 3.63) is 24.2 Å². The lowest BCUT2D eigenvalue weighted by molar-refractivity contribution is -0.434. The van der Waals surface area contributed by atoms with Gasteiger partial charge in [0.05, 0.1) is 36.9 Å². The summed E-state index contributed by atoms with van der Waals surface area (Å²) in [5, 5.41) is 34.4. The van der Waals surface area contributed by atoms with Crippen LogP contribution in [-0.4, -0.2) is 63.7 Å². The molecule has 6 rings (SSSR count). The highest BCUT2D eigenvalue weighted by atomic mass is 16.6. The summed E-state index contributed by atoms with van der Waals surface area (Å²) in [7, 11) is 0. The number of aliphatic hydroxyl groups is 3. The molecule has 2 heterocycles. The lowest BCUT2D eigenvalue weighted by Crippen LogP contribution is -2.87. The van der Waals surface area contributed by atoms with E-state index in [-0.39, 0.29) is 43.2 Å². The van der Waals surface area contributed by atoms with E-state index in [0.29, 0.717) is 12.8 Å². The van der Waals surface area contributed by atoms with E-state index in [1.165, 1.54) is 6.92 Å². The van der Waals surface area contributed by atoms with Gasteiger partial charge in [-0.3, -0.25) is 9.59 Å². The number of carbonyl (C=O) groups excluding carboxylic acids is 2. The number of ether oxygens (including phenoxy) is 2. The smallest absolute Gasteiger partial charge is 0.302 e. The predicted octanol–water partition coefficient (Wildman–Crippen LogP) is 2.59. The molecule has 0 bridgehead atoms. The molecule has 1 spiro atoms. The summed E-state index contributed by atoms with van der Waals surface area (Å²) in [5.41, 5.74) is -3.20. The van der Waals surface area contributed by atoms with Gasteiger partial charge in [0.1, 0.15) is 18.0 Å². The zero-order valence-corrected chi connectivity index (χ0v) is 21.7. The van der Waals surface area contributed by atoms with Crippen LogP contribution in [0.15, 0.2) is 23.0 Å². The summed E-state index contributed by atoms with van der Waals surface area (Å²) in [6.45, 7) is 9.25. The molecule has 4 saturated carbocycles. The summed E-state index contributed by atoms with van der Waals surface area (Å²) in [5.74, 6) is -1.59. The Morgan fingerprint density at radius 2 is 1.81 bits per heavy atom. The standard InChI is InChI=1S/C28H38O8/c1-14(29)35-13-27-18(24(2,3)19(31)10-20(27)32)9-22-26(5)23(27)17(30)11-25(4)16(15-6-7-34-12-15)8-21(33)28(25,26)36-22/h6-7,12,16,18-23,31-33H,8-11,13H2,1-5H3. The van der Waals surface area contributed by atoms with Gasteiger partial charge in [-0.1, -0.05) is 27.7 Å². The maximum Gasteiger partial charge on any atom is 0.302 e. The SMILES string of the molecule is CC(=O)OCC12C(O)CC(O)C(C)(C)C1CC1OC34C(O)CC(c5ccoc5)C3(C)CC(=O)C2C14C. The third kappa shape index (κ3) is 2.46. The van der Waals surface area contributed by atoms with Crippen molar-refractivity contribution in [1.82, 2.24) is 0 Å². The van der Waals surface area contributed by atoms with E-state index in [4.69, 9.17) is 13.9 Å². The molecule has 1 aromatic heterocycles. The fraction of sp³-hybridized carbons (Fsp3) is 0.786. The molecule has 0 amide bonds. The molecule has 8 nitrogen and oxygen atoms in total. The molecule has 5 aliphatic rings. The fourth-order valence-electron chi connectivity index (χ4n) is 10.2. The zero-order chi connectivity index (χ0) is 26.1. The Kier molecular flexibility index (Phi) is 4.93. The van der Waals surface area contributed by atoms with E-state index in [1.54, 1.807) is 12.5 Å². The van der Waals surface area contributed by atoms with Crippen LogP contribution in [0.4, 0.5) is 0 Å². The van der Waals surface area contributed by atoms with Gasteiger partial charge in [0.2, 0.25) is 0 Å². The topological polar surface area (TPSA) is 126 Å². The quantitative estimate of drug-likeness (QED) is 0.539. The molecule has 0 radical (unpaired) electrons. The van der Waals surface area contributed by atoms with Gasteiger partial charge in [-0.15, -0.1) is 0 Å². The van der Waals surface area contributed by atoms with Gasteiger partial charge in [-0.2, -0.15) is 0 Å². The maximum atomic E-state index is 14.4. The van der Waals surface area contributed by atoms with Crippen molar-refractivity contribution in [1.29, 1.82) is 0 Å². The van der Waals surface area contributed by atoms with Crippen LogP contribution < -0.4 is 0 Å². The fourth-order valence-corrected chi connectivity index (χ4v) is 10.2. The van der Waals surface area contributed by atoms with Crippen LogP contribution in [0, 0.1) is 33.5 Å². The van der Waals surface area contributed by atoms with Crippen LogP contribution in [0.25, 0.3) is 0 Å². The molecule has 1 saturated heterocycles. The second-order valence-corrected chi connectivity index (χ2v) is 13.2. The van der Waals surface area contributed by atoms with E-state index >= 15 is 0 Å². The lowest BCUT2D eigenvalue weighted by Gasteiger charge is -2.79. The number of esters is 1. The van der Waals surface area contributed by atoms with Gasteiger partial charge in [-0.05, 0) is 41.7 Å². The third-order valence-electron chi connectivity index (χ3n) is 11.7. The molecule has 1 aliphatic heterocycles. The number of carbonyl (C=O) groups is 2. The first-order chi connectivity index (χ1) is 16.8. The van der Waals surface area contributed by atoms with E-state index in [0.717, 1.165) is 5.56 Å². The highest BCUT2D eigenvalue weighted by Gasteiger charge is 2.88. The molecule has 11 atom stereocenters. The van der Waals surface area contributed by atoms with E-state index in [1.807, 2.05) is 33.8 Å². The molecule has 8 heteroatoms. The summed E-state index contributed by atoms with van der Waals surface area (Å²) in [6, 6.07) is 1.89. The largest absolute Gasteiger partial charge is 0.472 e. The summed E-state index contributed by atoms with van der Waals surface area (Å²) >= 11 is 0. The molecule has 5 fully saturated rings. The Morgan fingerprint density at radius 3 is 2.44 bits per heavy atom. The summed E-state index contributed by atoms with van der Waals surface area (Å²) in [4.78, 5) is 26.5. The lowest BCUT2D eigenvalue weighted by atomic mass is 9.31. The Balaban J connectivity index is 1.54. The molecule has 4 aliphatic carbocycles. The van der Waals surface area contributed by atoms with Crippen molar-refractivity contribution in [2.45, 2.75) is 96.2 Å². The highest BCUT2D eigenvalue weighted by Crippen LogP contribution is 2.81. The second-order valence-electron chi connectivity index (χ2n) is 13.2. The molecule has 36 heavy (non-hydrogen) atoms. The van der Waals surface area contributed by atoms with Crippen LogP contribution in [0.3, 0.4) is 0 Å². The van der Waals surface area contributed by atoms with Crippen molar-refractivity contribution in [3.63, 3.8) is 0 Å². The van der Waals surface area contributed by atoms with Crippen molar-refractivity contribution in [2.24, 2.45) is 33.5 Å². The Hall–Kier alpha value is -1.74. The second kappa shape index (κ2) is 7.22. The summed E-state index contributed by atoms with van der Waals surface area (Å²) in [6.07, 6.45) is 1.59. The number of rotatable bonds is 3. The van der Waals surface area contributed by atoms with Gasteiger partial charge in [0.25, 0.3) is 0 Å². The first-order valence-electron chi connectivity index (χ1n) is 13.2. The molecular formula is C28H38O8. The third-order valence-corrected chi connectivity index (χ3v) is 11.7. The number of fused-ring (bicyclic) bond motifs is 2. The molecule has 0 aromatic carbocycles.